The number of nitrogens with one attached hydrogen (secondary N) is 1. The molecule has 2 rings (SSSR count). The van der Waals surface area contributed by atoms with Crippen molar-refractivity contribution in [1.29, 1.82) is 0 Å². The Balaban J connectivity index is 2.04. The highest BCUT2D eigenvalue weighted by atomic mass is 16.5. The molecule has 5 N–H and O–H groups in total. The Morgan fingerprint density at radius 2 is 1.94 bits per heavy atom. The zero-order chi connectivity index (χ0) is 12.8. The zero-order valence-corrected chi connectivity index (χ0v) is 9.91. The van der Waals surface area contributed by atoms with E-state index in [-0.39, 0.29) is 6.04 Å². The van der Waals surface area contributed by atoms with Gasteiger partial charge in [0.25, 0.3) is 0 Å². The number of nitrogens with zero attached hydrogens (tertiary/aromatic N) is 1. The van der Waals surface area contributed by atoms with Crippen LogP contribution in [0, 0.1) is 0 Å². The molecule has 0 aliphatic rings. The van der Waals surface area contributed by atoms with Crippen molar-refractivity contribution in [2.45, 2.75) is 6.04 Å². The molecular formula is C13H16N4O. The Kier molecular flexibility index (Phi) is 4.11. The maximum Gasteiger partial charge on any atom is 0.128 e. The molecule has 5 heteroatoms. The van der Waals surface area contributed by atoms with E-state index in [1.54, 1.807) is 6.20 Å². The molecule has 5 nitrogen and oxygen atoms in total. The lowest BCUT2D eigenvalue weighted by Gasteiger charge is -2.18. The number of pyridine rings is 1. The van der Waals surface area contributed by atoms with Crippen molar-refractivity contribution in [3.63, 3.8) is 0 Å². The third-order valence-electron chi connectivity index (χ3n) is 2.61. The molecule has 0 saturated carbocycles. The molecule has 18 heavy (non-hydrogen) atoms. The van der Waals surface area contributed by atoms with Gasteiger partial charge in [0, 0.05) is 11.8 Å². The predicted molar refractivity (Wildman–Crippen MR) is 70.7 cm³/mol. The molecule has 0 bridgehead atoms. The first-order chi connectivity index (χ1) is 8.81. The fraction of sp³-hybridized carbons (Fsp3) is 0.154. The summed E-state index contributed by atoms with van der Waals surface area (Å²) < 4.78 is 5.64. The van der Waals surface area contributed by atoms with Gasteiger partial charge in [-0.15, -0.1) is 0 Å². The van der Waals surface area contributed by atoms with Crippen LogP contribution in [0.25, 0.3) is 0 Å². The van der Waals surface area contributed by atoms with Gasteiger partial charge in [-0.2, -0.15) is 0 Å². The minimum atomic E-state index is -0.195. The van der Waals surface area contributed by atoms with Gasteiger partial charge in [-0.25, -0.2) is 10.4 Å². The van der Waals surface area contributed by atoms with Crippen LogP contribution in [0.3, 0.4) is 0 Å². The summed E-state index contributed by atoms with van der Waals surface area (Å²) >= 11 is 0. The standard InChI is InChI=1S/C13H16N4O/c14-13-11(7-4-8-16-13)12(17-15)9-18-10-5-2-1-3-6-10/h1-8,12,17H,9,15H2,(H2,14,16). The first-order valence-electron chi connectivity index (χ1n) is 5.65. The lowest BCUT2D eigenvalue weighted by Crippen LogP contribution is -2.33. The fourth-order valence-electron chi connectivity index (χ4n) is 1.65. The van der Waals surface area contributed by atoms with E-state index in [0.717, 1.165) is 11.3 Å². The minimum Gasteiger partial charge on any atom is -0.492 e. The first-order valence-corrected chi connectivity index (χ1v) is 5.65. The molecule has 1 atom stereocenters. The van der Waals surface area contributed by atoms with Crippen LogP contribution in [-0.2, 0) is 0 Å². The molecule has 0 fully saturated rings. The first kappa shape index (κ1) is 12.3. The number of rotatable bonds is 5. The van der Waals surface area contributed by atoms with E-state index in [1.165, 1.54) is 0 Å². The van der Waals surface area contributed by atoms with Crippen LogP contribution in [0.15, 0.2) is 48.7 Å². The van der Waals surface area contributed by atoms with E-state index in [9.17, 15) is 0 Å². The quantitative estimate of drug-likeness (QED) is 0.544. The number of para-hydroxylation sites is 1. The summed E-state index contributed by atoms with van der Waals surface area (Å²) in [6, 6.07) is 13.0. The Morgan fingerprint density at radius 3 is 2.61 bits per heavy atom. The SMILES string of the molecule is NNC(COc1ccccc1)c1cccnc1N. The van der Waals surface area contributed by atoms with Crippen molar-refractivity contribution >= 4 is 5.82 Å². The molecule has 0 amide bonds. The summed E-state index contributed by atoms with van der Waals surface area (Å²) in [6.07, 6.45) is 1.64. The van der Waals surface area contributed by atoms with Crippen LogP contribution in [0.5, 0.6) is 5.75 Å². The number of hydrazine groups is 1. The number of ether oxygens (including phenoxy) is 1. The third kappa shape index (κ3) is 2.97. The molecule has 0 aliphatic heterocycles. The Morgan fingerprint density at radius 1 is 1.17 bits per heavy atom. The van der Waals surface area contributed by atoms with E-state index < -0.39 is 0 Å². The van der Waals surface area contributed by atoms with Crippen molar-refractivity contribution in [3.05, 3.63) is 54.2 Å². The zero-order valence-electron chi connectivity index (χ0n) is 9.91. The number of nitrogen functional groups attached to an aromatic ring is 1. The number of hydrogen-bond donors (Lipinski definition) is 3. The summed E-state index contributed by atoms with van der Waals surface area (Å²) in [6.45, 7) is 0.385. The van der Waals surface area contributed by atoms with E-state index in [4.69, 9.17) is 16.3 Å². The Hall–Kier alpha value is -2.11. The van der Waals surface area contributed by atoms with Crippen molar-refractivity contribution in [2.75, 3.05) is 12.3 Å². The summed E-state index contributed by atoms with van der Waals surface area (Å²) in [4.78, 5) is 4.03. The van der Waals surface area contributed by atoms with Gasteiger partial charge in [-0.05, 0) is 18.2 Å². The molecule has 1 aromatic carbocycles. The summed E-state index contributed by atoms with van der Waals surface area (Å²) in [5.74, 6) is 6.77. The number of hydrogen-bond acceptors (Lipinski definition) is 5. The highest BCUT2D eigenvalue weighted by molar-refractivity contribution is 5.41. The summed E-state index contributed by atoms with van der Waals surface area (Å²) in [5, 5.41) is 0. The Bertz CT molecular complexity index is 489. The van der Waals surface area contributed by atoms with Crippen LogP contribution in [0.2, 0.25) is 0 Å². The maximum absolute atomic E-state index is 5.80. The fourth-order valence-corrected chi connectivity index (χ4v) is 1.65. The normalized spacial score (nSPS) is 12.1. The number of benzene rings is 1. The van der Waals surface area contributed by atoms with Gasteiger partial charge in [0.05, 0.1) is 6.04 Å². The lowest BCUT2D eigenvalue weighted by molar-refractivity contribution is 0.267. The number of nitrogens with two attached hydrogens (primary N) is 2. The molecule has 0 aliphatic carbocycles. The van der Waals surface area contributed by atoms with Gasteiger partial charge in [0.15, 0.2) is 0 Å². The lowest BCUT2D eigenvalue weighted by atomic mass is 10.1. The van der Waals surface area contributed by atoms with E-state index in [2.05, 4.69) is 10.4 Å². The van der Waals surface area contributed by atoms with Crippen molar-refractivity contribution in [2.24, 2.45) is 5.84 Å². The second kappa shape index (κ2) is 6.00. The molecule has 1 heterocycles. The average molecular weight is 244 g/mol. The third-order valence-corrected chi connectivity index (χ3v) is 2.61. The minimum absolute atomic E-state index is 0.195. The molecule has 0 saturated heterocycles. The highest BCUT2D eigenvalue weighted by Gasteiger charge is 2.13. The monoisotopic (exact) mass is 244 g/mol. The summed E-state index contributed by atoms with van der Waals surface area (Å²) in [7, 11) is 0. The van der Waals surface area contributed by atoms with Gasteiger partial charge in [-0.3, -0.25) is 5.84 Å². The molecule has 1 aromatic heterocycles. The van der Waals surface area contributed by atoms with Gasteiger partial charge < -0.3 is 10.5 Å². The molecule has 94 valence electrons. The Labute approximate surface area is 106 Å². The maximum atomic E-state index is 5.80. The van der Waals surface area contributed by atoms with Crippen molar-refractivity contribution in [1.82, 2.24) is 10.4 Å². The number of aromatic nitrogens is 1. The van der Waals surface area contributed by atoms with E-state index >= 15 is 0 Å². The van der Waals surface area contributed by atoms with Crippen LogP contribution < -0.4 is 21.7 Å². The van der Waals surface area contributed by atoms with Crippen molar-refractivity contribution in [3.8, 4) is 5.75 Å². The van der Waals surface area contributed by atoms with E-state index in [0.29, 0.717) is 12.4 Å². The van der Waals surface area contributed by atoms with Crippen LogP contribution in [0.4, 0.5) is 5.82 Å². The average Bonchev–Trinajstić information content (AvgIpc) is 2.42. The smallest absolute Gasteiger partial charge is 0.128 e. The molecule has 1 unspecified atom stereocenters. The molecule has 0 spiro atoms. The molecule has 0 radical (unpaired) electrons. The van der Waals surface area contributed by atoms with Crippen molar-refractivity contribution < 1.29 is 4.74 Å². The van der Waals surface area contributed by atoms with Gasteiger partial charge in [0.2, 0.25) is 0 Å². The number of anilines is 1. The van der Waals surface area contributed by atoms with Gasteiger partial charge >= 0.3 is 0 Å². The van der Waals surface area contributed by atoms with E-state index in [1.807, 2.05) is 42.5 Å². The van der Waals surface area contributed by atoms with Crippen LogP contribution in [-0.4, -0.2) is 11.6 Å². The highest BCUT2D eigenvalue weighted by Crippen LogP contribution is 2.19. The predicted octanol–water partition coefficient (Wildman–Crippen LogP) is 1.25. The van der Waals surface area contributed by atoms with Crippen LogP contribution in [0.1, 0.15) is 11.6 Å². The molecule has 2 aromatic rings. The van der Waals surface area contributed by atoms with Gasteiger partial charge in [0.1, 0.15) is 18.2 Å². The summed E-state index contributed by atoms with van der Waals surface area (Å²) in [5.41, 5.74) is 9.32. The van der Waals surface area contributed by atoms with Crippen LogP contribution >= 0.6 is 0 Å². The second-order valence-corrected chi connectivity index (χ2v) is 3.82. The topological polar surface area (TPSA) is 86.2 Å². The second-order valence-electron chi connectivity index (χ2n) is 3.82. The largest absolute Gasteiger partial charge is 0.492 e. The van der Waals surface area contributed by atoms with Gasteiger partial charge in [-0.1, -0.05) is 24.3 Å². The molecular weight excluding hydrogens is 228 g/mol.